The summed E-state index contributed by atoms with van der Waals surface area (Å²) in [6.07, 6.45) is 0. The van der Waals surface area contributed by atoms with Gasteiger partial charge in [0.05, 0.1) is 0 Å². The van der Waals surface area contributed by atoms with E-state index in [4.69, 9.17) is 0 Å². The molecule has 0 saturated carbocycles. The van der Waals surface area contributed by atoms with Crippen molar-refractivity contribution in [1.29, 1.82) is 0 Å². The molecule has 1 aliphatic rings. The SMILES string of the molecule is c1ccc2[c](c1)[SbH][c]1ccccc1-2. The van der Waals surface area contributed by atoms with Crippen molar-refractivity contribution < 1.29 is 0 Å². The average Bonchev–Trinajstić information content (AvgIpc) is 2.56. The van der Waals surface area contributed by atoms with Gasteiger partial charge in [-0.25, -0.2) is 0 Å². The molecule has 0 spiro atoms. The molecule has 1 aliphatic heterocycles. The number of hydrogen-bond acceptors (Lipinski definition) is 0. The zero-order valence-electron chi connectivity index (χ0n) is 7.12. The minimum absolute atomic E-state index is 0.443. The van der Waals surface area contributed by atoms with Gasteiger partial charge < -0.3 is 0 Å². The van der Waals surface area contributed by atoms with Gasteiger partial charge in [-0.15, -0.1) is 0 Å². The number of rotatable bonds is 0. The van der Waals surface area contributed by atoms with Crippen LogP contribution in [0.2, 0.25) is 0 Å². The molecule has 3 rings (SSSR count). The normalized spacial score (nSPS) is 12.3. The minimum atomic E-state index is -0.443. The van der Waals surface area contributed by atoms with E-state index >= 15 is 0 Å². The molecule has 0 nitrogen and oxygen atoms in total. The van der Waals surface area contributed by atoms with Gasteiger partial charge in [0.2, 0.25) is 0 Å². The molecule has 0 saturated heterocycles. The van der Waals surface area contributed by atoms with E-state index in [0.29, 0.717) is 0 Å². The second-order valence-electron chi connectivity index (χ2n) is 3.22. The van der Waals surface area contributed by atoms with E-state index < -0.39 is 21.6 Å². The average molecular weight is 275 g/mol. The van der Waals surface area contributed by atoms with E-state index in [1.54, 1.807) is 7.02 Å². The summed E-state index contributed by atoms with van der Waals surface area (Å²) in [5.41, 5.74) is 2.98. The molecule has 13 heavy (non-hydrogen) atoms. The fourth-order valence-corrected chi connectivity index (χ4v) is 5.67. The zero-order valence-corrected chi connectivity index (χ0v) is 9.97. The summed E-state index contributed by atoms with van der Waals surface area (Å²) in [6.45, 7) is 0. The Kier molecular flexibility index (Phi) is 1.70. The van der Waals surface area contributed by atoms with Gasteiger partial charge in [0.1, 0.15) is 0 Å². The number of benzene rings is 2. The maximum atomic E-state index is 2.29. The molecule has 0 atom stereocenters. The Morgan fingerprint density at radius 2 is 1.08 bits per heavy atom. The summed E-state index contributed by atoms with van der Waals surface area (Å²) in [6, 6.07) is 17.7. The fourth-order valence-electron chi connectivity index (χ4n) is 1.80. The van der Waals surface area contributed by atoms with Crippen molar-refractivity contribution in [1.82, 2.24) is 0 Å². The van der Waals surface area contributed by atoms with Gasteiger partial charge in [-0.05, 0) is 0 Å². The molecule has 0 bridgehead atoms. The second kappa shape index (κ2) is 2.89. The first-order chi connectivity index (χ1) is 6.45. The number of hydrogen-bond donors (Lipinski definition) is 0. The summed E-state index contributed by atoms with van der Waals surface area (Å²) < 4.78 is 3.26. The van der Waals surface area contributed by atoms with Gasteiger partial charge in [-0.2, -0.15) is 0 Å². The fraction of sp³-hybridized carbons (Fsp3) is 0. The van der Waals surface area contributed by atoms with Crippen molar-refractivity contribution in [2.24, 2.45) is 0 Å². The molecule has 2 aromatic carbocycles. The van der Waals surface area contributed by atoms with Crippen LogP contribution in [0.3, 0.4) is 0 Å². The third-order valence-electron chi connectivity index (χ3n) is 2.41. The molecule has 62 valence electrons. The van der Waals surface area contributed by atoms with Crippen LogP contribution in [-0.2, 0) is 0 Å². The van der Waals surface area contributed by atoms with Gasteiger partial charge in [-0.1, -0.05) is 0 Å². The van der Waals surface area contributed by atoms with E-state index in [1.807, 2.05) is 0 Å². The van der Waals surface area contributed by atoms with Crippen LogP contribution in [0.4, 0.5) is 0 Å². The Labute approximate surface area is 88.1 Å². The molecule has 0 unspecified atom stereocenters. The van der Waals surface area contributed by atoms with Crippen molar-refractivity contribution in [2.75, 3.05) is 0 Å². The molecule has 0 amide bonds. The molecule has 2 aromatic rings. The van der Waals surface area contributed by atoms with Gasteiger partial charge in [-0.3, -0.25) is 0 Å². The van der Waals surface area contributed by atoms with E-state index in [9.17, 15) is 0 Å². The standard InChI is InChI=1S/C12H8.Sb.H/c1-3-7-11(8-4-1)12-9-5-2-6-10-12;;/h1-7,9H;;. The van der Waals surface area contributed by atoms with Crippen molar-refractivity contribution in [3.05, 3.63) is 48.5 Å². The molecule has 0 fully saturated rings. The Balaban J connectivity index is 2.32. The van der Waals surface area contributed by atoms with E-state index in [-0.39, 0.29) is 0 Å². The predicted molar refractivity (Wildman–Crippen MR) is 58.3 cm³/mol. The summed E-state index contributed by atoms with van der Waals surface area (Å²) in [7, 11) is 0. The van der Waals surface area contributed by atoms with Crippen LogP contribution < -0.4 is 7.02 Å². The van der Waals surface area contributed by atoms with Crippen molar-refractivity contribution in [3.63, 3.8) is 0 Å². The Morgan fingerprint density at radius 1 is 0.615 bits per heavy atom. The van der Waals surface area contributed by atoms with Gasteiger partial charge in [0.15, 0.2) is 0 Å². The van der Waals surface area contributed by atoms with Gasteiger partial charge >= 0.3 is 88.3 Å². The quantitative estimate of drug-likeness (QED) is 0.538. The third kappa shape index (κ3) is 1.13. The molecule has 0 radical (unpaired) electrons. The van der Waals surface area contributed by atoms with Crippen molar-refractivity contribution in [3.8, 4) is 11.1 Å². The maximum absolute atomic E-state index is 2.29. The summed E-state index contributed by atoms with van der Waals surface area (Å²) in [4.78, 5) is 0. The first kappa shape index (κ1) is 7.64. The first-order valence-corrected chi connectivity index (χ1v) is 7.26. The number of fused-ring (bicyclic) bond motifs is 3. The van der Waals surface area contributed by atoms with Gasteiger partial charge in [0.25, 0.3) is 0 Å². The molecular formula is C12H9Sb. The third-order valence-corrected chi connectivity index (χ3v) is 6.44. The Morgan fingerprint density at radius 3 is 1.62 bits per heavy atom. The molecule has 1 heteroatoms. The molecule has 0 aromatic heterocycles. The topological polar surface area (TPSA) is 0 Å². The van der Waals surface area contributed by atoms with E-state index in [0.717, 1.165) is 0 Å². The van der Waals surface area contributed by atoms with Crippen molar-refractivity contribution in [2.45, 2.75) is 0 Å². The monoisotopic (exact) mass is 274 g/mol. The van der Waals surface area contributed by atoms with Crippen LogP contribution in [-0.4, -0.2) is 21.6 Å². The molecule has 0 aliphatic carbocycles. The summed E-state index contributed by atoms with van der Waals surface area (Å²) >= 11 is -0.443. The first-order valence-electron chi connectivity index (χ1n) is 4.40. The Hall–Kier alpha value is -0.742. The van der Waals surface area contributed by atoms with E-state index in [1.165, 1.54) is 11.1 Å². The molecular weight excluding hydrogens is 266 g/mol. The predicted octanol–water partition coefficient (Wildman–Crippen LogP) is 1.05. The van der Waals surface area contributed by atoms with Gasteiger partial charge in [0, 0.05) is 0 Å². The zero-order chi connectivity index (χ0) is 8.67. The van der Waals surface area contributed by atoms with E-state index in [2.05, 4.69) is 48.5 Å². The van der Waals surface area contributed by atoms with Crippen LogP contribution in [0.25, 0.3) is 11.1 Å². The summed E-state index contributed by atoms with van der Waals surface area (Å²) in [5.74, 6) is 0. The van der Waals surface area contributed by atoms with Crippen molar-refractivity contribution >= 4 is 28.6 Å². The Bertz CT molecular complexity index is 417. The molecule has 0 N–H and O–H groups in total. The van der Waals surface area contributed by atoms with Crippen LogP contribution in [0.5, 0.6) is 0 Å². The van der Waals surface area contributed by atoms with Crippen LogP contribution in [0, 0.1) is 0 Å². The van der Waals surface area contributed by atoms with Crippen LogP contribution in [0.15, 0.2) is 48.5 Å². The second-order valence-corrected chi connectivity index (χ2v) is 7.00. The van der Waals surface area contributed by atoms with Crippen LogP contribution >= 0.6 is 0 Å². The molecule has 1 heterocycles. The summed E-state index contributed by atoms with van der Waals surface area (Å²) in [5, 5.41) is 0. The van der Waals surface area contributed by atoms with Crippen LogP contribution in [0.1, 0.15) is 0 Å².